The van der Waals surface area contributed by atoms with E-state index in [1.807, 2.05) is 6.92 Å². The van der Waals surface area contributed by atoms with Crippen LogP contribution in [0.4, 0.5) is 10.5 Å². The quantitative estimate of drug-likeness (QED) is 0.653. The minimum Gasteiger partial charge on any atom is -0.438 e. The molecule has 0 saturated carbocycles. The van der Waals surface area contributed by atoms with Gasteiger partial charge < -0.3 is 14.8 Å². The number of nitrogens with one attached hydrogen (secondary N) is 1. The highest BCUT2D eigenvalue weighted by Gasteiger charge is 2.56. The molecule has 1 aromatic carbocycles. The molecule has 0 aliphatic carbocycles. The van der Waals surface area contributed by atoms with E-state index in [-0.39, 0.29) is 12.2 Å². The van der Waals surface area contributed by atoms with Crippen LogP contribution in [0.25, 0.3) is 10.9 Å². The van der Waals surface area contributed by atoms with Gasteiger partial charge in [0.05, 0.1) is 4.92 Å². The second kappa shape index (κ2) is 5.45. The predicted molar refractivity (Wildman–Crippen MR) is 91.3 cm³/mol. The van der Waals surface area contributed by atoms with Crippen LogP contribution in [0.3, 0.4) is 0 Å². The van der Waals surface area contributed by atoms with Gasteiger partial charge in [0.2, 0.25) is 0 Å². The van der Waals surface area contributed by atoms with Crippen LogP contribution < -0.4 is 0 Å². The van der Waals surface area contributed by atoms with Gasteiger partial charge in [-0.25, -0.2) is 4.79 Å². The lowest BCUT2D eigenvalue weighted by Gasteiger charge is -2.34. The summed E-state index contributed by atoms with van der Waals surface area (Å²) in [6, 6.07) is 4.65. The Balaban J connectivity index is 1.91. The summed E-state index contributed by atoms with van der Waals surface area (Å²) in [5.41, 5.74) is 0.124. The zero-order valence-corrected chi connectivity index (χ0v) is 14.6. The molecule has 1 amide bonds. The molecule has 134 valence electrons. The van der Waals surface area contributed by atoms with Crippen LogP contribution in [-0.2, 0) is 11.2 Å². The molecule has 3 rings (SSSR count). The number of nitrogens with zero attached hydrogens (tertiary/aromatic N) is 2. The van der Waals surface area contributed by atoms with E-state index in [2.05, 4.69) is 4.98 Å². The van der Waals surface area contributed by atoms with Gasteiger partial charge in [-0.2, -0.15) is 0 Å². The molecule has 2 heterocycles. The maximum absolute atomic E-state index is 12.1. The molecule has 8 nitrogen and oxygen atoms in total. The Morgan fingerprint density at radius 3 is 2.60 bits per heavy atom. The molecule has 0 radical (unpaired) electrons. The van der Waals surface area contributed by atoms with Gasteiger partial charge in [0.1, 0.15) is 0 Å². The normalized spacial score (nSPS) is 22.4. The van der Waals surface area contributed by atoms with Crippen molar-refractivity contribution in [2.45, 2.75) is 45.4 Å². The number of benzene rings is 1. The molecule has 0 bridgehead atoms. The molecule has 1 fully saturated rings. The summed E-state index contributed by atoms with van der Waals surface area (Å²) < 4.78 is 5.25. The van der Waals surface area contributed by atoms with Crippen molar-refractivity contribution in [1.82, 2.24) is 9.88 Å². The summed E-state index contributed by atoms with van der Waals surface area (Å²) in [7, 11) is 0. The molecule has 2 aromatic rings. The van der Waals surface area contributed by atoms with Crippen molar-refractivity contribution in [1.29, 1.82) is 0 Å². The van der Waals surface area contributed by atoms with Gasteiger partial charge in [-0.3, -0.25) is 15.0 Å². The number of hydrogen-bond donors (Lipinski definition) is 2. The number of non-ortho nitro benzene ring substituents is 1. The number of ether oxygens (including phenoxy) is 1. The minimum absolute atomic E-state index is 0.0152. The molecule has 2 N–H and O–H groups in total. The third kappa shape index (κ3) is 2.62. The van der Waals surface area contributed by atoms with Crippen molar-refractivity contribution in [3.8, 4) is 0 Å². The average Bonchev–Trinajstić information content (AvgIpc) is 2.88. The van der Waals surface area contributed by atoms with Gasteiger partial charge in [-0.15, -0.1) is 0 Å². The first-order chi connectivity index (χ1) is 11.5. The second-order valence-corrected chi connectivity index (χ2v) is 7.02. The lowest BCUT2D eigenvalue weighted by molar-refractivity contribution is -0.384. The van der Waals surface area contributed by atoms with Crippen molar-refractivity contribution < 1.29 is 19.6 Å². The largest absolute Gasteiger partial charge is 0.438 e. The Bertz CT molecular complexity index is 869. The van der Waals surface area contributed by atoms with E-state index in [4.69, 9.17) is 4.74 Å². The second-order valence-electron chi connectivity index (χ2n) is 7.02. The van der Waals surface area contributed by atoms with Gasteiger partial charge in [-0.1, -0.05) is 0 Å². The van der Waals surface area contributed by atoms with Gasteiger partial charge in [-0.05, 0) is 45.7 Å². The first kappa shape index (κ1) is 17.2. The molecule has 1 aliphatic rings. The number of carbonyl (C=O) groups excluding carboxylic acids is 1. The zero-order chi connectivity index (χ0) is 18.6. The number of amides is 1. The lowest BCUT2D eigenvalue weighted by Crippen LogP contribution is -2.54. The van der Waals surface area contributed by atoms with Crippen molar-refractivity contribution in [2.24, 2.45) is 0 Å². The lowest BCUT2D eigenvalue weighted by atomic mass is 9.95. The summed E-state index contributed by atoms with van der Waals surface area (Å²) in [4.78, 5) is 27.2. The van der Waals surface area contributed by atoms with Crippen molar-refractivity contribution in [3.63, 3.8) is 0 Å². The topological polar surface area (TPSA) is 109 Å². The van der Waals surface area contributed by atoms with E-state index in [9.17, 15) is 20.0 Å². The van der Waals surface area contributed by atoms with Gasteiger partial charge in [0, 0.05) is 35.3 Å². The number of aryl methyl sites for hydroxylation is 1. The van der Waals surface area contributed by atoms with Crippen LogP contribution in [0.15, 0.2) is 18.2 Å². The van der Waals surface area contributed by atoms with Crippen LogP contribution in [0, 0.1) is 17.0 Å². The number of rotatable bonds is 4. The molecular formula is C17H21N3O5. The maximum Gasteiger partial charge on any atom is 0.412 e. The summed E-state index contributed by atoms with van der Waals surface area (Å²) >= 11 is 0. The fourth-order valence-corrected chi connectivity index (χ4v) is 3.21. The van der Waals surface area contributed by atoms with E-state index in [1.54, 1.807) is 26.8 Å². The summed E-state index contributed by atoms with van der Waals surface area (Å²) in [6.45, 7) is 6.98. The number of aromatic nitrogens is 1. The SMILES string of the molecule is Cc1[nH]c2ccc([N+](=O)[O-])cc2c1CCN1C(=O)OC(C)(C)C1(C)O. The number of carbonyl (C=O) groups is 1. The first-order valence-corrected chi connectivity index (χ1v) is 8.03. The predicted octanol–water partition coefficient (Wildman–Crippen LogP) is 2.87. The van der Waals surface area contributed by atoms with Crippen LogP contribution in [0.1, 0.15) is 32.0 Å². The fraction of sp³-hybridized carbons (Fsp3) is 0.471. The highest BCUT2D eigenvalue weighted by Crippen LogP contribution is 2.37. The highest BCUT2D eigenvalue weighted by atomic mass is 16.6. The fourth-order valence-electron chi connectivity index (χ4n) is 3.21. The molecule has 0 spiro atoms. The first-order valence-electron chi connectivity index (χ1n) is 8.03. The van der Waals surface area contributed by atoms with Crippen LogP contribution in [0.5, 0.6) is 0 Å². The molecule has 1 unspecified atom stereocenters. The number of hydrogen-bond acceptors (Lipinski definition) is 5. The number of H-pyrrole nitrogens is 1. The van der Waals surface area contributed by atoms with E-state index in [0.29, 0.717) is 6.42 Å². The molecule has 1 saturated heterocycles. The number of cyclic esters (lactones) is 1. The molecule has 1 atom stereocenters. The van der Waals surface area contributed by atoms with Crippen LogP contribution in [0.2, 0.25) is 0 Å². The van der Waals surface area contributed by atoms with Crippen molar-refractivity contribution in [2.75, 3.05) is 6.54 Å². The smallest absolute Gasteiger partial charge is 0.412 e. The Morgan fingerprint density at radius 2 is 2.04 bits per heavy atom. The molecule has 8 heteroatoms. The molecule has 1 aliphatic heterocycles. The van der Waals surface area contributed by atoms with E-state index < -0.39 is 22.3 Å². The standard InChI is InChI=1S/C17H21N3O5/c1-10-12(13-9-11(20(23)24)5-6-14(13)18-10)7-8-19-15(21)25-16(2,3)17(19,4)22/h5-6,9,18,22H,7-8H2,1-4H3. The van der Waals surface area contributed by atoms with Gasteiger partial charge >= 0.3 is 6.09 Å². The van der Waals surface area contributed by atoms with Gasteiger partial charge in [0.25, 0.3) is 5.69 Å². The van der Waals surface area contributed by atoms with Crippen molar-refractivity contribution >= 4 is 22.7 Å². The summed E-state index contributed by atoms with van der Waals surface area (Å²) in [6.07, 6.45) is -0.132. The number of fused-ring (bicyclic) bond motifs is 1. The molecule has 1 aromatic heterocycles. The third-order valence-corrected chi connectivity index (χ3v) is 5.13. The Hall–Kier alpha value is -2.61. The van der Waals surface area contributed by atoms with E-state index >= 15 is 0 Å². The average molecular weight is 347 g/mol. The Labute approximate surface area is 144 Å². The number of aromatic amines is 1. The van der Waals surface area contributed by atoms with Crippen LogP contribution in [-0.4, -0.2) is 43.9 Å². The Kier molecular flexibility index (Phi) is 3.75. The zero-order valence-electron chi connectivity index (χ0n) is 14.6. The Morgan fingerprint density at radius 1 is 1.36 bits per heavy atom. The molecular weight excluding hydrogens is 326 g/mol. The monoisotopic (exact) mass is 347 g/mol. The van der Waals surface area contributed by atoms with Gasteiger partial charge in [0.15, 0.2) is 11.3 Å². The number of aliphatic hydroxyl groups is 1. The minimum atomic E-state index is -1.43. The summed E-state index contributed by atoms with van der Waals surface area (Å²) in [5, 5.41) is 22.4. The maximum atomic E-state index is 12.1. The van der Waals surface area contributed by atoms with E-state index in [1.165, 1.54) is 17.0 Å². The third-order valence-electron chi connectivity index (χ3n) is 5.13. The number of nitro groups is 1. The summed E-state index contributed by atoms with van der Waals surface area (Å²) in [5.74, 6) is 0. The van der Waals surface area contributed by atoms with E-state index in [0.717, 1.165) is 22.2 Å². The number of nitro benzene ring substituents is 1. The van der Waals surface area contributed by atoms with Crippen molar-refractivity contribution in [3.05, 3.63) is 39.6 Å². The molecule has 25 heavy (non-hydrogen) atoms. The highest BCUT2D eigenvalue weighted by molar-refractivity contribution is 5.86. The van der Waals surface area contributed by atoms with Crippen LogP contribution >= 0.6 is 0 Å².